The van der Waals surface area contributed by atoms with Crippen LogP contribution in [0.4, 0.5) is 5.69 Å². The third-order valence-electron chi connectivity index (χ3n) is 5.53. The van der Waals surface area contributed by atoms with E-state index in [1.165, 1.54) is 0 Å². The largest absolute Gasteiger partial charge is 0.493 e. The van der Waals surface area contributed by atoms with Crippen molar-refractivity contribution in [3.8, 4) is 5.75 Å². The number of hydrogen-bond donors (Lipinski definition) is 2. The molecule has 1 aliphatic rings. The van der Waals surface area contributed by atoms with Crippen molar-refractivity contribution in [2.24, 2.45) is 5.41 Å². The van der Waals surface area contributed by atoms with E-state index in [2.05, 4.69) is 0 Å². The molecule has 3 aromatic rings. The Balaban J connectivity index is 1.66. The van der Waals surface area contributed by atoms with Gasteiger partial charge in [-0.2, -0.15) is 8.42 Å². The molecule has 4 rings (SSSR count). The zero-order valence-corrected chi connectivity index (χ0v) is 19.7. The van der Waals surface area contributed by atoms with Crippen LogP contribution in [-0.4, -0.2) is 19.3 Å². The lowest BCUT2D eigenvalue weighted by atomic mass is 9.79. The van der Waals surface area contributed by atoms with E-state index in [0.717, 1.165) is 21.6 Å². The quantitative estimate of drug-likeness (QED) is 0.457. The van der Waals surface area contributed by atoms with E-state index >= 15 is 0 Å². The van der Waals surface area contributed by atoms with Gasteiger partial charge in [0.25, 0.3) is 0 Å². The van der Waals surface area contributed by atoms with Crippen LogP contribution in [0.25, 0.3) is 0 Å². The van der Waals surface area contributed by atoms with Crippen LogP contribution in [0.2, 0.25) is 0 Å². The van der Waals surface area contributed by atoms with Crippen LogP contribution in [0.15, 0.2) is 90.9 Å². The van der Waals surface area contributed by atoms with Crippen LogP contribution in [0.3, 0.4) is 0 Å². The van der Waals surface area contributed by atoms with Gasteiger partial charge in [0.15, 0.2) is 5.78 Å². The first kappa shape index (κ1) is 23.4. The summed E-state index contributed by atoms with van der Waals surface area (Å²) in [5.74, 6) is -0.142. The molecule has 0 atom stereocenters. The number of aliphatic hydroxyl groups excluding tert-OH is 1. The van der Waals surface area contributed by atoms with Gasteiger partial charge in [0.05, 0.1) is 6.20 Å². The minimum atomic E-state index is -3.99. The topological polar surface area (TPSA) is 95.9 Å². The van der Waals surface area contributed by atoms with Crippen molar-refractivity contribution in [2.45, 2.75) is 26.9 Å². The Labute approximate surface area is 199 Å². The number of carbonyl (C=O) groups excluding carboxylic acids is 1. The molecule has 7 nitrogen and oxygen atoms in total. The molecule has 8 heteroatoms. The van der Waals surface area contributed by atoms with Crippen molar-refractivity contribution in [2.75, 3.05) is 4.31 Å². The Morgan fingerprint density at radius 2 is 1.62 bits per heavy atom. The number of rotatable bonds is 8. The fourth-order valence-electron chi connectivity index (χ4n) is 3.86. The number of nitrogens with zero attached hydrogens (tertiary/aromatic N) is 1. The highest BCUT2D eigenvalue weighted by Crippen LogP contribution is 2.36. The average Bonchev–Trinajstić information content (AvgIpc) is 3.09. The minimum Gasteiger partial charge on any atom is -0.493 e. The third-order valence-corrected chi connectivity index (χ3v) is 6.81. The Morgan fingerprint density at radius 1 is 0.971 bits per heavy atom. The maximum Gasteiger partial charge on any atom is 0.330 e. The maximum atomic E-state index is 13.1. The van der Waals surface area contributed by atoms with E-state index in [0.29, 0.717) is 17.7 Å². The monoisotopic (exact) mass is 478 g/mol. The van der Waals surface area contributed by atoms with Crippen molar-refractivity contribution >= 4 is 21.7 Å². The minimum absolute atomic E-state index is 0.0168. The molecule has 0 saturated carbocycles. The number of benzene rings is 3. The molecular formula is C26H26N2O5S. The van der Waals surface area contributed by atoms with Gasteiger partial charge < -0.3 is 9.84 Å². The number of anilines is 1. The Morgan fingerprint density at radius 3 is 2.24 bits per heavy atom. The molecule has 3 aromatic carbocycles. The SMILES string of the molecule is CC(C)(Cc1ccc(N2C=C(O)NS2(=O)=O)c(OCc2ccccc2)c1)C(=O)c1ccccc1. The summed E-state index contributed by atoms with van der Waals surface area (Å²) in [6.45, 7) is 3.99. The molecule has 2 N–H and O–H groups in total. The van der Waals surface area contributed by atoms with Gasteiger partial charge in [-0.25, -0.2) is 9.03 Å². The Hall–Kier alpha value is -3.78. The predicted octanol–water partition coefficient (Wildman–Crippen LogP) is 4.73. The lowest BCUT2D eigenvalue weighted by Crippen LogP contribution is -2.30. The summed E-state index contributed by atoms with van der Waals surface area (Å²) in [4.78, 5) is 13.1. The molecule has 0 saturated heterocycles. The van der Waals surface area contributed by atoms with Gasteiger partial charge in [0, 0.05) is 11.0 Å². The van der Waals surface area contributed by atoms with Crippen molar-refractivity contribution in [1.29, 1.82) is 0 Å². The summed E-state index contributed by atoms with van der Waals surface area (Å²) >= 11 is 0. The van der Waals surface area contributed by atoms with Gasteiger partial charge in [0.1, 0.15) is 18.0 Å². The van der Waals surface area contributed by atoms with Crippen LogP contribution < -0.4 is 13.8 Å². The van der Waals surface area contributed by atoms with Crippen molar-refractivity contribution < 1.29 is 23.1 Å². The molecule has 0 aromatic heterocycles. The standard InChI is InChI=1S/C26H26N2O5S/c1-26(2,25(30)21-11-7-4-8-12-21)16-20-13-14-22(28-17-24(29)27-34(28,31)32)23(15-20)33-18-19-9-5-3-6-10-19/h3-15,17,27,29H,16,18H2,1-2H3. The van der Waals surface area contributed by atoms with Gasteiger partial charge >= 0.3 is 10.2 Å². The molecular weight excluding hydrogens is 452 g/mol. The first-order valence-electron chi connectivity index (χ1n) is 10.8. The van der Waals surface area contributed by atoms with Gasteiger partial charge in [-0.1, -0.05) is 80.6 Å². The first-order valence-corrected chi connectivity index (χ1v) is 12.2. The zero-order valence-electron chi connectivity index (χ0n) is 18.9. The molecule has 0 spiro atoms. The van der Waals surface area contributed by atoms with Crippen LogP contribution in [-0.2, 0) is 23.2 Å². The molecule has 0 unspecified atom stereocenters. The third kappa shape index (κ3) is 5.07. The predicted molar refractivity (Wildman–Crippen MR) is 131 cm³/mol. The molecule has 176 valence electrons. The summed E-state index contributed by atoms with van der Waals surface area (Å²) in [5.41, 5.74) is 1.93. The number of ether oxygens (including phenoxy) is 1. The molecule has 1 aliphatic heterocycles. The fourth-order valence-corrected chi connectivity index (χ4v) is 4.92. The van der Waals surface area contributed by atoms with Crippen molar-refractivity contribution in [3.63, 3.8) is 0 Å². The second-order valence-corrected chi connectivity index (χ2v) is 10.3. The van der Waals surface area contributed by atoms with Crippen molar-refractivity contribution in [3.05, 3.63) is 108 Å². The first-order chi connectivity index (χ1) is 16.2. The van der Waals surface area contributed by atoms with E-state index < -0.39 is 21.5 Å². The van der Waals surface area contributed by atoms with Gasteiger partial charge in [-0.05, 0) is 29.7 Å². The molecule has 1 heterocycles. The lowest BCUT2D eigenvalue weighted by molar-refractivity contribution is 0.0837. The number of Topliss-reactive ketones (excluding diaryl/α,β-unsaturated/α-hetero) is 1. The number of carbonyl (C=O) groups is 1. The highest BCUT2D eigenvalue weighted by molar-refractivity contribution is 7.91. The Kier molecular flexibility index (Phi) is 6.34. The number of aliphatic hydroxyl groups is 1. The molecule has 34 heavy (non-hydrogen) atoms. The van der Waals surface area contributed by atoms with Crippen LogP contribution in [0.1, 0.15) is 35.3 Å². The van der Waals surface area contributed by atoms with E-state index in [-0.39, 0.29) is 18.1 Å². The normalized spacial score (nSPS) is 14.9. The second kappa shape index (κ2) is 9.23. The van der Waals surface area contributed by atoms with Gasteiger partial charge in [0.2, 0.25) is 5.88 Å². The fraction of sp³-hybridized carbons (Fsp3) is 0.192. The smallest absolute Gasteiger partial charge is 0.330 e. The molecule has 0 aliphatic carbocycles. The van der Waals surface area contributed by atoms with Gasteiger partial charge in [-0.15, -0.1) is 0 Å². The molecule has 0 fully saturated rings. The van der Waals surface area contributed by atoms with Crippen LogP contribution in [0, 0.1) is 5.41 Å². The highest BCUT2D eigenvalue weighted by Gasteiger charge is 2.32. The average molecular weight is 479 g/mol. The molecule has 0 bridgehead atoms. The van der Waals surface area contributed by atoms with Gasteiger partial charge in [-0.3, -0.25) is 4.79 Å². The second-order valence-electron chi connectivity index (χ2n) is 8.75. The Bertz CT molecular complexity index is 1320. The zero-order chi connectivity index (χ0) is 24.3. The summed E-state index contributed by atoms with van der Waals surface area (Å²) in [6, 6.07) is 23.8. The summed E-state index contributed by atoms with van der Waals surface area (Å²) in [6.07, 6.45) is 1.51. The van der Waals surface area contributed by atoms with Crippen LogP contribution >= 0.6 is 0 Å². The van der Waals surface area contributed by atoms with E-state index in [4.69, 9.17) is 4.74 Å². The number of ketones is 1. The summed E-state index contributed by atoms with van der Waals surface area (Å²) < 4.78 is 33.9. The highest BCUT2D eigenvalue weighted by atomic mass is 32.2. The number of nitrogens with one attached hydrogen (secondary N) is 1. The van der Waals surface area contributed by atoms with Crippen LogP contribution in [0.5, 0.6) is 5.75 Å². The lowest BCUT2D eigenvalue weighted by Gasteiger charge is -2.25. The maximum absolute atomic E-state index is 13.1. The van der Waals surface area contributed by atoms with E-state index in [1.54, 1.807) is 30.3 Å². The molecule has 0 radical (unpaired) electrons. The summed E-state index contributed by atoms with van der Waals surface area (Å²) in [7, 11) is -3.99. The van der Waals surface area contributed by atoms with Crippen molar-refractivity contribution in [1.82, 2.24) is 4.72 Å². The summed E-state index contributed by atoms with van der Waals surface area (Å²) in [5, 5.41) is 9.72. The van der Waals surface area contributed by atoms with E-state index in [1.807, 2.05) is 67.1 Å². The number of hydrogen-bond acceptors (Lipinski definition) is 5. The molecule has 0 amide bonds. The van der Waals surface area contributed by atoms with E-state index in [9.17, 15) is 18.3 Å².